The van der Waals surface area contributed by atoms with Crippen LogP contribution in [0.4, 0.5) is 5.82 Å². The standard InChI is InChI=1S/C19H27N5O2/c1-14-18(21-8-10-24-9-4-5-16(11-24)12-25)22-13-23-19(14)26-17-6-3-7-20-15(17)2/h3,6-7,13,16,25H,4-5,8-12H2,1-2H3,(H,21,22,23)/t16-/m0/s1. The second-order valence-corrected chi connectivity index (χ2v) is 6.76. The van der Waals surface area contributed by atoms with E-state index in [9.17, 15) is 5.11 Å². The molecule has 1 saturated heterocycles. The van der Waals surface area contributed by atoms with Crippen LogP contribution in [0, 0.1) is 19.8 Å². The zero-order chi connectivity index (χ0) is 18.4. The first-order valence-corrected chi connectivity index (χ1v) is 9.15. The maximum Gasteiger partial charge on any atom is 0.227 e. The van der Waals surface area contributed by atoms with Gasteiger partial charge in [0.15, 0.2) is 5.75 Å². The molecule has 0 bridgehead atoms. The van der Waals surface area contributed by atoms with Crippen molar-refractivity contribution in [2.24, 2.45) is 5.92 Å². The number of hydrogen-bond donors (Lipinski definition) is 2. The van der Waals surface area contributed by atoms with Gasteiger partial charge in [-0.25, -0.2) is 9.97 Å². The number of likely N-dealkylation sites (tertiary alicyclic amines) is 1. The summed E-state index contributed by atoms with van der Waals surface area (Å²) < 4.78 is 5.91. The summed E-state index contributed by atoms with van der Waals surface area (Å²) in [4.78, 5) is 15.2. The molecule has 0 aliphatic carbocycles. The average molecular weight is 357 g/mol. The lowest BCUT2D eigenvalue weighted by Gasteiger charge is -2.31. The van der Waals surface area contributed by atoms with Crippen molar-refractivity contribution < 1.29 is 9.84 Å². The number of pyridine rings is 1. The summed E-state index contributed by atoms with van der Waals surface area (Å²) in [5.41, 5.74) is 1.70. The van der Waals surface area contributed by atoms with Gasteiger partial charge in [0, 0.05) is 32.4 Å². The molecule has 0 unspecified atom stereocenters. The summed E-state index contributed by atoms with van der Waals surface area (Å²) in [7, 11) is 0. The SMILES string of the molecule is Cc1ncccc1Oc1ncnc(NCCN2CCC[C@H](CO)C2)c1C. The molecule has 140 valence electrons. The van der Waals surface area contributed by atoms with Crippen molar-refractivity contribution in [3.05, 3.63) is 35.9 Å². The van der Waals surface area contributed by atoms with Gasteiger partial charge in [0.2, 0.25) is 5.88 Å². The zero-order valence-electron chi connectivity index (χ0n) is 15.5. The van der Waals surface area contributed by atoms with Crippen molar-refractivity contribution >= 4 is 5.82 Å². The van der Waals surface area contributed by atoms with E-state index >= 15 is 0 Å². The highest BCUT2D eigenvalue weighted by Gasteiger charge is 2.18. The predicted molar refractivity (Wildman–Crippen MR) is 101 cm³/mol. The summed E-state index contributed by atoms with van der Waals surface area (Å²) in [5, 5.41) is 12.7. The third-order valence-electron chi connectivity index (χ3n) is 4.78. The number of aromatic nitrogens is 3. The van der Waals surface area contributed by atoms with E-state index in [4.69, 9.17) is 4.74 Å². The van der Waals surface area contributed by atoms with Gasteiger partial charge in [0.05, 0.1) is 11.3 Å². The highest BCUT2D eigenvalue weighted by molar-refractivity contribution is 5.48. The lowest BCUT2D eigenvalue weighted by atomic mass is 9.99. The Labute approximate surface area is 154 Å². The molecular weight excluding hydrogens is 330 g/mol. The number of aryl methyl sites for hydroxylation is 1. The summed E-state index contributed by atoms with van der Waals surface area (Å²) in [5.74, 6) is 2.43. The average Bonchev–Trinajstić information content (AvgIpc) is 2.66. The number of nitrogens with one attached hydrogen (secondary N) is 1. The molecule has 0 saturated carbocycles. The number of aliphatic hydroxyl groups excluding tert-OH is 1. The van der Waals surface area contributed by atoms with Crippen LogP contribution in [0.3, 0.4) is 0 Å². The minimum atomic E-state index is 0.281. The van der Waals surface area contributed by atoms with Crippen LogP contribution in [0.5, 0.6) is 11.6 Å². The minimum absolute atomic E-state index is 0.281. The quantitative estimate of drug-likeness (QED) is 0.787. The second-order valence-electron chi connectivity index (χ2n) is 6.76. The fourth-order valence-electron chi connectivity index (χ4n) is 3.23. The number of rotatable bonds is 7. The molecule has 7 heteroatoms. The number of hydrogen-bond acceptors (Lipinski definition) is 7. The van der Waals surface area contributed by atoms with Gasteiger partial charge in [-0.3, -0.25) is 4.98 Å². The third kappa shape index (κ3) is 4.68. The molecule has 0 aromatic carbocycles. The number of nitrogens with zero attached hydrogens (tertiary/aromatic N) is 4. The molecule has 1 aliphatic rings. The van der Waals surface area contributed by atoms with Gasteiger partial charge >= 0.3 is 0 Å². The maximum atomic E-state index is 9.34. The molecule has 1 aliphatic heterocycles. The molecule has 0 radical (unpaired) electrons. The van der Waals surface area contributed by atoms with E-state index in [2.05, 4.69) is 25.2 Å². The van der Waals surface area contributed by atoms with Gasteiger partial charge in [-0.05, 0) is 51.3 Å². The number of piperidine rings is 1. The molecular formula is C19H27N5O2. The molecule has 2 N–H and O–H groups in total. The summed E-state index contributed by atoms with van der Waals surface area (Å²) in [6.07, 6.45) is 5.53. The molecule has 1 atom stereocenters. The van der Waals surface area contributed by atoms with E-state index in [-0.39, 0.29) is 6.61 Å². The summed E-state index contributed by atoms with van der Waals surface area (Å²) >= 11 is 0. The molecule has 2 aromatic rings. The Bertz CT molecular complexity index is 725. The number of aliphatic hydroxyl groups is 1. The Morgan fingerprint density at radius 2 is 2.19 bits per heavy atom. The molecule has 3 rings (SSSR count). The van der Waals surface area contributed by atoms with E-state index in [0.29, 0.717) is 17.5 Å². The van der Waals surface area contributed by atoms with Crippen LogP contribution in [-0.4, -0.2) is 57.7 Å². The molecule has 1 fully saturated rings. The van der Waals surface area contributed by atoms with E-state index in [0.717, 1.165) is 56.1 Å². The number of ether oxygens (including phenoxy) is 1. The molecule has 0 spiro atoms. The van der Waals surface area contributed by atoms with Crippen molar-refractivity contribution in [2.45, 2.75) is 26.7 Å². The lowest BCUT2D eigenvalue weighted by Crippen LogP contribution is -2.39. The highest BCUT2D eigenvalue weighted by Crippen LogP contribution is 2.27. The summed E-state index contributed by atoms with van der Waals surface area (Å²) in [6, 6.07) is 3.72. The van der Waals surface area contributed by atoms with E-state index in [1.807, 2.05) is 26.0 Å². The first-order valence-electron chi connectivity index (χ1n) is 9.15. The van der Waals surface area contributed by atoms with Crippen LogP contribution in [0.1, 0.15) is 24.1 Å². The third-order valence-corrected chi connectivity index (χ3v) is 4.78. The zero-order valence-corrected chi connectivity index (χ0v) is 15.5. The van der Waals surface area contributed by atoms with Crippen LogP contribution in [-0.2, 0) is 0 Å². The Balaban J connectivity index is 1.58. The van der Waals surface area contributed by atoms with Gasteiger partial charge in [-0.1, -0.05) is 0 Å². The molecule has 26 heavy (non-hydrogen) atoms. The first-order chi connectivity index (χ1) is 12.7. The first kappa shape index (κ1) is 18.5. The summed E-state index contributed by atoms with van der Waals surface area (Å²) in [6.45, 7) is 7.92. The highest BCUT2D eigenvalue weighted by atomic mass is 16.5. The monoisotopic (exact) mass is 357 g/mol. The smallest absolute Gasteiger partial charge is 0.227 e. The fraction of sp³-hybridized carbons (Fsp3) is 0.526. The lowest BCUT2D eigenvalue weighted by molar-refractivity contribution is 0.123. The fourth-order valence-corrected chi connectivity index (χ4v) is 3.23. The predicted octanol–water partition coefficient (Wildman–Crippen LogP) is 2.40. The largest absolute Gasteiger partial charge is 0.437 e. The van der Waals surface area contributed by atoms with Crippen LogP contribution in [0.2, 0.25) is 0 Å². The van der Waals surface area contributed by atoms with E-state index in [1.165, 1.54) is 6.33 Å². The van der Waals surface area contributed by atoms with Crippen LogP contribution >= 0.6 is 0 Å². The van der Waals surface area contributed by atoms with E-state index in [1.54, 1.807) is 6.20 Å². The Morgan fingerprint density at radius 3 is 3.00 bits per heavy atom. The van der Waals surface area contributed by atoms with Gasteiger partial charge in [0.1, 0.15) is 12.1 Å². The van der Waals surface area contributed by atoms with Gasteiger partial charge in [-0.2, -0.15) is 0 Å². The number of anilines is 1. The Morgan fingerprint density at radius 1 is 1.31 bits per heavy atom. The second kappa shape index (κ2) is 8.91. The Kier molecular flexibility index (Phi) is 6.35. The molecule has 7 nitrogen and oxygen atoms in total. The van der Waals surface area contributed by atoms with Crippen LogP contribution in [0.25, 0.3) is 0 Å². The van der Waals surface area contributed by atoms with Gasteiger partial charge in [0.25, 0.3) is 0 Å². The van der Waals surface area contributed by atoms with Gasteiger partial charge < -0.3 is 20.1 Å². The van der Waals surface area contributed by atoms with Crippen LogP contribution < -0.4 is 10.1 Å². The topological polar surface area (TPSA) is 83.4 Å². The van der Waals surface area contributed by atoms with Crippen molar-refractivity contribution in [3.63, 3.8) is 0 Å². The molecule has 0 amide bonds. The van der Waals surface area contributed by atoms with Crippen molar-refractivity contribution in [1.82, 2.24) is 19.9 Å². The molecule has 3 heterocycles. The minimum Gasteiger partial charge on any atom is -0.437 e. The van der Waals surface area contributed by atoms with Crippen LogP contribution in [0.15, 0.2) is 24.7 Å². The Hall–Kier alpha value is -2.25. The molecule has 2 aromatic heterocycles. The maximum absolute atomic E-state index is 9.34. The van der Waals surface area contributed by atoms with Crippen molar-refractivity contribution in [3.8, 4) is 11.6 Å². The van der Waals surface area contributed by atoms with Crippen molar-refractivity contribution in [2.75, 3.05) is 38.1 Å². The van der Waals surface area contributed by atoms with Crippen molar-refractivity contribution in [1.29, 1.82) is 0 Å². The normalized spacial score (nSPS) is 17.9. The van der Waals surface area contributed by atoms with Gasteiger partial charge in [-0.15, -0.1) is 0 Å². The van der Waals surface area contributed by atoms with E-state index < -0.39 is 0 Å².